The van der Waals surface area contributed by atoms with E-state index in [0.717, 1.165) is 5.56 Å². The van der Waals surface area contributed by atoms with Crippen LogP contribution in [0.1, 0.15) is 38.8 Å². The molecule has 0 aromatic heterocycles. The van der Waals surface area contributed by atoms with Gasteiger partial charge < -0.3 is 5.11 Å². The maximum Gasteiger partial charge on any atom is 0.310 e. The normalized spacial score (nSPS) is 13.2. The van der Waals surface area contributed by atoms with Gasteiger partial charge in [0.2, 0.25) is 10.0 Å². The van der Waals surface area contributed by atoms with Crippen molar-refractivity contribution in [2.45, 2.75) is 52.0 Å². The fourth-order valence-corrected chi connectivity index (χ4v) is 3.65. The third-order valence-corrected chi connectivity index (χ3v) is 5.92. The molecule has 6 heteroatoms. The van der Waals surface area contributed by atoms with E-state index in [9.17, 15) is 18.3 Å². The fraction of sp³-hybridized carbons (Fsp3) is 0.533. The average Bonchev–Trinajstić information content (AvgIpc) is 2.25. The van der Waals surface area contributed by atoms with E-state index in [-0.39, 0.29) is 4.90 Å². The number of nitrogens with one attached hydrogen (secondary N) is 1. The van der Waals surface area contributed by atoms with Crippen molar-refractivity contribution in [1.82, 2.24) is 4.72 Å². The third kappa shape index (κ3) is 3.44. The number of aryl methyl sites for hydroxylation is 2. The average molecular weight is 313 g/mol. The summed E-state index contributed by atoms with van der Waals surface area (Å²) in [5.41, 5.74) is -0.795. The first-order chi connectivity index (χ1) is 9.31. The van der Waals surface area contributed by atoms with E-state index in [1.807, 2.05) is 6.92 Å². The largest absolute Gasteiger partial charge is 0.481 e. The van der Waals surface area contributed by atoms with Crippen molar-refractivity contribution in [1.29, 1.82) is 0 Å². The van der Waals surface area contributed by atoms with E-state index >= 15 is 0 Å². The Morgan fingerprint density at radius 1 is 1.14 bits per heavy atom. The molecular weight excluding hydrogens is 290 g/mol. The Bertz CT molecular complexity index is 660. The van der Waals surface area contributed by atoms with Crippen LogP contribution in [0.4, 0.5) is 0 Å². The number of carboxylic acids is 1. The predicted octanol–water partition coefficient (Wildman–Crippen LogP) is 2.47. The van der Waals surface area contributed by atoms with Crippen molar-refractivity contribution < 1.29 is 18.3 Å². The van der Waals surface area contributed by atoms with Gasteiger partial charge in [0.05, 0.1) is 10.3 Å². The fourth-order valence-electron chi connectivity index (χ4n) is 1.89. The summed E-state index contributed by atoms with van der Waals surface area (Å²) in [6.07, 6.45) is 0. The van der Waals surface area contributed by atoms with Crippen molar-refractivity contribution in [2.75, 3.05) is 0 Å². The number of hydrogen-bond acceptors (Lipinski definition) is 3. The van der Waals surface area contributed by atoms with Gasteiger partial charge in [-0.1, -0.05) is 17.7 Å². The second kappa shape index (κ2) is 5.42. The number of aliphatic carboxylic acids is 1. The molecule has 5 nitrogen and oxygen atoms in total. The number of carboxylic acid groups (broad SMARTS) is 1. The van der Waals surface area contributed by atoms with Gasteiger partial charge in [-0.15, -0.1) is 0 Å². The first-order valence-electron chi connectivity index (χ1n) is 6.66. The second-order valence-corrected chi connectivity index (χ2v) is 8.08. The van der Waals surface area contributed by atoms with Crippen LogP contribution in [0.3, 0.4) is 0 Å². The smallest absolute Gasteiger partial charge is 0.310 e. The zero-order chi connectivity index (χ0) is 16.6. The van der Waals surface area contributed by atoms with Gasteiger partial charge in [0.25, 0.3) is 0 Å². The van der Waals surface area contributed by atoms with Crippen molar-refractivity contribution in [2.24, 2.45) is 5.41 Å². The standard InChI is InChI=1S/C15H23NO4S/c1-10-7-8-12(11(2)9-10)21(19,20)16-15(5,6)14(3,4)13(17)18/h7-9,16H,1-6H3,(H,17,18). The number of sulfonamides is 1. The predicted molar refractivity (Wildman–Crippen MR) is 81.7 cm³/mol. The maximum absolute atomic E-state index is 12.5. The van der Waals surface area contributed by atoms with Crippen LogP contribution in [0, 0.1) is 19.3 Å². The number of carbonyl (C=O) groups is 1. The van der Waals surface area contributed by atoms with Crippen LogP contribution in [0.2, 0.25) is 0 Å². The molecule has 21 heavy (non-hydrogen) atoms. The van der Waals surface area contributed by atoms with Crippen molar-refractivity contribution in [3.8, 4) is 0 Å². The lowest BCUT2D eigenvalue weighted by Gasteiger charge is -2.38. The van der Waals surface area contributed by atoms with Crippen LogP contribution in [0.15, 0.2) is 23.1 Å². The summed E-state index contributed by atoms with van der Waals surface area (Å²) >= 11 is 0. The van der Waals surface area contributed by atoms with Gasteiger partial charge in [-0.2, -0.15) is 0 Å². The summed E-state index contributed by atoms with van der Waals surface area (Å²) in [7, 11) is -3.80. The molecule has 0 radical (unpaired) electrons. The Labute approximate surface area is 126 Å². The van der Waals surface area contributed by atoms with Gasteiger partial charge >= 0.3 is 5.97 Å². The first-order valence-corrected chi connectivity index (χ1v) is 8.14. The molecule has 0 spiro atoms. The van der Waals surface area contributed by atoms with E-state index in [0.29, 0.717) is 5.56 Å². The van der Waals surface area contributed by atoms with Crippen LogP contribution < -0.4 is 4.72 Å². The molecule has 0 amide bonds. The summed E-state index contributed by atoms with van der Waals surface area (Å²) < 4.78 is 27.6. The molecular formula is C15H23NO4S. The number of hydrogen-bond donors (Lipinski definition) is 2. The van der Waals surface area contributed by atoms with Crippen LogP contribution in [-0.4, -0.2) is 25.0 Å². The number of rotatable bonds is 5. The minimum absolute atomic E-state index is 0.169. The molecule has 0 atom stereocenters. The molecule has 0 saturated heterocycles. The highest BCUT2D eigenvalue weighted by Gasteiger charge is 2.46. The van der Waals surface area contributed by atoms with E-state index in [1.54, 1.807) is 32.9 Å². The van der Waals surface area contributed by atoms with Crippen LogP contribution >= 0.6 is 0 Å². The molecule has 0 aliphatic rings. The molecule has 0 fully saturated rings. The Hall–Kier alpha value is -1.40. The summed E-state index contributed by atoms with van der Waals surface area (Å²) in [4.78, 5) is 11.5. The SMILES string of the molecule is Cc1ccc(S(=O)(=O)NC(C)(C)C(C)(C)C(=O)O)c(C)c1. The molecule has 1 rings (SSSR count). The Morgan fingerprint density at radius 2 is 1.67 bits per heavy atom. The quantitative estimate of drug-likeness (QED) is 0.874. The molecule has 2 N–H and O–H groups in total. The van der Waals surface area contributed by atoms with Gasteiger partial charge in [-0.25, -0.2) is 13.1 Å². The Balaban J connectivity index is 3.25. The zero-order valence-electron chi connectivity index (χ0n) is 13.3. The van der Waals surface area contributed by atoms with Crippen LogP contribution in [0.5, 0.6) is 0 Å². The molecule has 0 bridgehead atoms. The Morgan fingerprint density at radius 3 is 2.10 bits per heavy atom. The lowest BCUT2D eigenvalue weighted by atomic mass is 9.75. The van der Waals surface area contributed by atoms with Crippen molar-refractivity contribution in [3.05, 3.63) is 29.3 Å². The lowest BCUT2D eigenvalue weighted by molar-refractivity contribution is -0.150. The summed E-state index contributed by atoms with van der Waals surface area (Å²) in [6.45, 7) is 9.75. The topological polar surface area (TPSA) is 83.5 Å². The van der Waals surface area contributed by atoms with E-state index < -0.39 is 26.9 Å². The summed E-state index contributed by atoms with van der Waals surface area (Å²) in [6, 6.07) is 5.04. The van der Waals surface area contributed by atoms with Crippen LogP contribution in [-0.2, 0) is 14.8 Å². The van der Waals surface area contributed by atoms with Crippen LogP contribution in [0.25, 0.3) is 0 Å². The lowest BCUT2D eigenvalue weighted by Crippen LogP contribution is -2.56. The second-order valence-electron chi connectivity index (χ2n) is 6.43. The van der Waals surface area contributed by atoms with Gasteiger partial charge in [-0.05, 0) is 53.2 Å². The molecule has 0 saturated carbocycles. The van der Waals surface area contributed by atoms with Crippen molar-refractivity contribution in [3.63, 3.8) is 0 Å². The van der Waals surface area contributed by atoms with Gasteiger partial charge in [-0.3, -0.25) is 4.79 Å². The van der Waals surface area contributed by atoms with E-state index in [4.69, 9.17) is 0 Å². The monoisotopic (exact) mass is 313 g/mol. The van der Waals surface area contributed by atoms with Gasteiger partial charge in [0, 0.05) is 5.54 Å². The first kappa shape index (κ1) is 17.7. The highest BCUT2D eigenvalue weighted by atomic mass is 32.2. The minimum atomic E-state index is -3.80. The van der Waals surface area contributed by atoms with E-state index in [2.05, 4.69) is 4.72 Å². The maximum atomic E-state index is 12.5. The molecule has 0 heterocycles. The molecule has 1 aromatic rings. The molecule has 0 unspecified atom stereocenters. The van der Waals surface area contributed by atoms with E-state index in [1.165, 1.54) is 19.9 Å². The van der Waals surface area contributed by atoms with Gasteiger partial charge in [0.1, 0.15) is 0 Å². The molecule has 1 aromatic carbocycles. The number of benzene rings is 1. The minimum Gasteiger partial charge on any atom is -0.481 e. The summed E-state index contributed by atoms with van der Waals surface area (Å²) in [5.74, 6) is -1.06. The molecule has 118 valence electrons. The molecule has 0 aliphatic heterocycles. The molecule has 0 aliphatic carbocycles. The third-order valence-electron chi connectivity index (χ3n) is 4.11. The highest BCUT2D eigenvalue weighted by molar-refractivity contribution is 7.89. The highest BCUT2D eigenvalue weighted by Crippen LogP contribution is 2.32. The van der Waals surface area contributed by atoms with Crippen molar-refractivity contribution >= 4 is 16.0 Å². The zero-order valence-corrected chi connectivity index (χ0v) is 14.1. The summed E-state index contributed by atoms with van der Waals surface area (Å²) in [5, 5.41) is 9.30. The Kier molecular flexibility index (Phi) is 4.56. The van der Waals surface area contributed by atoms with Gasteiger partial charge in [0.15, 0.2) is 0 Å².